The zero-order valence-electron chi connectivity index (χ0n) is 24.4. The van der Waals surface area contributed by atoms with Crippen molar-refractivity contribution in [3.63, 3.8) is 0 Å². The summed E-state index contributed by atoms with van der Waals surface area (Å²) < 4.78 is 20.0. The number of methoxy groups -OCH3 is 1. The SMILES string of the molecule is COC(=O)c1cccc(C(=O)NC2N=C(c3ccccc3F)c3ccccc3N(CC(=O)N3CC4CCC(CC4)C3)C2=O)c1. The minimum Gasteiger partial charge on any atom is -0.465 e. The number of esters is 1. The molecule has 1 aliphatic carbocycles. The predicted molar refractivity (Wildman–Crippen MR) is 162 cm³/mol. The topological polar surface area (TPSA) is 108 Å². The lowest BCUT2D eigenvalue weighted by Gasteiger charge is -2.29. The number of carbonyl (C=O) groups excluding carboxylic acids is 4. The first-order valence-electron chi connectivity index (χ1n) is 14.8. The molecule has 1 N–H and O–H groups in total. The Balaban J connectivity index is 1.38. The van der Waals surface area contributed by atoms with Crippen molar-refractivity contribution in [1.82, 2.24) is 10.2 Å². The highest BCUT2D eigenvalue weighted by molar-refractivity contribution is 6.21. The number of benzodiazepines with no additional fused rings is 1. The zero-order valence-corrected chi connectivity index (χ0v) is 24.4. The van der Waals surface area contributed by atoms with Gasteiger partial charge in [-0.1, -0.05) is 36.4 Å². The van der Waals surface area contributed by atoms with Gasteiger partial charge in [-0.05, 0) is 73.9 Å². The van der Waals surface area contributed by atoms with Crippen molar-refractivity contribution in [3.8, 4) is 0 Å². The van der Waals surface area contributed by atoms with Gasteiger partial charge in [0, 0.05) is 29.8 Å². The van der Waals surface area contributed by atoms with E-state index in [1.54, 1.807) is 42.5 Å². The first kappa shape index (κ1) is 29.2. The molecular formula is C34H33FN4O5. The second-order valence-electron chi connectivity index (χ2n) is 11.5. The molecule has 3 heterocycles. The number of aliphatic imine (C=N–C) groups is 1. The first-order valence-corrected chi connectivity index (χ1v) is 14.8. The van der Waals surface area contributed by atoms with Crippen LogP contribution in [0.5, 0.6) is 0 Å². The largest absolute Gasteiger partial charge is 0.465 e. The number of carbonyl (C=O) groups is 4. The molecule has 9 nitrogen and oxygen atoms in total. The molecule has 1 saturated carbocycles. The van der Waals surface area contributed by atoms with E-state index in [0.717, 1.165) is 25.7 Å². The minimum atomic E-state index is -1.49. The molecule has 3 amide bonds. The molecule has 44 heavy (non-hydrogen) atoms. The van der Waals surface area contributed by atoms with Gasteiger partial charge in [-0.3, -0.25) is 19.3 Å². The van der Waals surface area contributed by atoms with E-state index < -0.39 is 29.8 Å². The molecule has 2 bridgehead atoms. The number of hydrogen-bond donors (Lipinski definition) is 1. The van der Waals surface area contributed by atoms with E-state index in [4.69, 9.17) is 4.74 Å². The molecular weight excluding hydrogens is 563 g/mol. The van der Waals surface area contributed by atoms with Crippen LogP contribution in [0.2, 0.25) is 0 Å². The van der Waals surface area contributed by atoms with Gasteiger partial charge in [0.2, 0.25) is 12.1 Å². The number of anilines is 1. The van der Waals surface area contributed by atoms with Gasteiger partial charge in [-0.2, -0.15) is 0 Å². The second kappa shape index (κ2) is 12.4. The smallest absolute Gasteiger partial charge is 0.337 e. The van der Waals surface area contributed by atoms with Gasteiger partial charge < -0.3 is 15.0 Å². The molecule has 3 aromatic carbocycles. The molecule has 0 spiro atoms. The van der Waals surface area contributed by atoms with Crippen LogP contribution in [0.3, 0.4) is 0 Å². The fourth-order valence-corrected chi connectivity index (χ4v) is 6.40. The third-order valence-corrected chi connectivity index (χ3v) is 8.72. The average molecular weight is 597 g/mol. The summed E-state index contributed by atoms with van der Waals surface area (Å²) in [4.78, 5) is 61.4. The molecule has 3 aliphatic heterocycles. The summed E-state index contributed by atoms with van der Waals surface area (Å²) in [5, 5.41) is 2.66. The van der Waals surface area contributed by atoms with Crippen LogP contribution in [-0.4, -0.2) is 67.2 Å². The molecule has 7 rings (SSSR count). The van der Waals surface area contributed by atoms with Crippen LogP contribution in [0.1, 0.15) is 57.5 Å². The number of fused-ring (bicyclic) bond motifs is 5. The average Bonchev–Trinajstić information content (AvgIpc) is 3.44. The number of halogens is 1. The third kappa shape index (κ3) is 5.84. The summed E-state index contributed by atoms with van der Waals surface area (Å²) in [6.07, 6.45) is 2.92. The van der Waals surface area contributed by atoms with E-state index >= 15 is 4.39 Å². The third-order valence-electron chi connectivity index (χ3n) is 8.72. The van der Waals surface area contributed by atoms with Crippen molar-refractivity contribution in [2.24, 2.45) is 16.8 Å². The molecule has 1 atom stereocenters. The Morgan fingerprint density at radius 1 is 0.886 bits per heavy atom. The Morgan fingerprint density at radius 2 is 1.52 bits per heavy atom. The second-order valence-corrected chi connectivity index (χ2v) is 11.5. The Labute approximate surface area is 254 Å². The van der Waals surface area contributed by atoms with Gasteiger partial charge in [-0.15, -0.1) is 0 Å². The summed E-state index contributed by atoms with van der Waals surface area (Å²) in [6.45, 7) is 1.07. The summed E-state index contributed by atoms with van der Waals surface area (Å²) in [6, 6.07) is 18.9. The maximum Gasteiger partial charge on any atom is 0.337 e. The summed E-state index contributed by atoms with van der Waals surface area (Å²) in [5.74, 6) is -1.75. The molecule has 2 saturated heterocycles. The standard InChI is InChI=1S/C34H33FN4O5/c1-44-34(43)24-8-6-7-23(17-24)32(41)37-31-33(42)39(20-29(40)38-18-21-13-14-22(19-38)16-15-21)28-12-5-3-10-26(28)30(36-31)25-9-2-4-11-27(25)35/h2-12,17,21-22,31H,13-16,18-20H2,1H3,(H,37,41). The van der Waals surface area contributed by atoms with Crippen molar-refractivity contribution in [2.45, 2.75) is 31.8 Å². The van der Waals surface area contributed by atoms with E-state index in [1.165, 1.54) is 42.3 Å². The summed E-state index contributed by atoms with van der Waals surface area (Å²) in [7, 11) is 1.24. The van der Waals surface area contributed by atoms with Gasteiger partial charge in [0.25, 0.3) is 11.8 Å². The number of ether oxygens (including phenoxy) is 1. The number of benzene rings is 3. The normalized spacial score (nSPS) is 21.1. The molecule has 3 aromatic rings. The number of nitrogens with one attached hydrogen (secondary N) is 1. The lowest BCUT2D eigenvalue weighted by Crippen LogP contribution is -2.51. The number of para-hydroxylation sites is 1. The maximum atomic E-state index is 15.2. The van der Waals surface area contributed by atoms with Gasteiger partial charge in [0.05, 0.1) is 24.1 Å². The van der Waals surface area contributed by atoms with E-state index in [0.29, 0.717) is 36.2 Å². The van der Waals surface area contributed by atoms with Crippen LogP contribution in [0.15, 0.2) is 77.8 Å². The van der Waals surface area contributed by atoms with Crippen LogP contribution >= 0.6 is 0 Å². The van der Waals surface area contributed by atoms with Gasteiger partial charge in [-0.25, -0.2) is 14.2 Å². The van der Waals surface area contributed by atoms with Crippen LogP contribution in [-0.2, 0) is 14.3 Å². The Bertz CT molecular complexity index is 1630. The van der Waals surface area contributed by atoms with Crippen molar-refractivity contribution >= 4 is 35.1 Å². The van der Waals surface area contributed by atoms with Crippen molar-refractivity contribution in [1.29, 1.82) is 0 Å². The number of nitrogens with zero attached hydrogens (tertiary/aromatic N) is 3. The van der Waals surface area contributed by atoms with E-state index in [2.05, 4.69) is 10.3 Å². The van der Waals surface area contributed by atoms with E-state index in [1.807, 2.05) is 4.90 Å². The Kier molecular flexibility index (Phi) is 8.23. The number of hydrogen-bond acceptors (Lipinski definition) is 6. The van der Waals surface area contributed by atoms with Crippen LogP contribution in [0.4, 0.5) is 10.1 Å². The molecule has 0 radical (unpaired) electrons. The molecule has 4 aliphatic rings. The zero-order chi connectivity index (χ0) is 30.8. The Hall–Kier alpha value is -4.86. The minimum absolute atomic E-state index is 0.104. The predicted octanol–water partition coefficient (Wildman–Crippen LogP) is 4.20. The quantitative estimate of drug-likeness (QED) is 0.429. The molecule has 3 fully saturated rings. The number of rotatable bonds is 6. The van der Waals surface area contributed by atoms with Gasteiger partial charge >= 0.3 is 5.97 Å². The lowest BCUT2D eigenvalue weighted by atomic mass is 9.84. The summed E-state index contributed by atoms with van der Waals surface area (Å²) >= 11 is 0. The fourth-order valence-electron chi connectivity index (χ4n) is 6.40. The van der Waals surface area contributed by atoms with Gasteiger partial charge in [0.1, 0.15) is 12.4 Å². The molecule has 10 heteroatoms. The fraction of sp³-hybridized carbons (Fsp3) is 0.324. The highest BCUT2D eigenvalue weighted by atomic mass is 19.1. The van der Waals surface area contributed by atoms with Gasteiger partial charge in [0.15, 0.2) is 0 Å². The van der Waals surface area contributed by atoms with Crippen LogP contribution in [0, 0.1) is 17.7 Å². The van der Waals surface area contributed by atoms with E-state index in [9.17, 15) is 19.2 Å². The number of amides is 3. The highest BCUT2D eigenvalue weighted by Gasteiger charge is 2.37. The first-order chi connectivity index (χ1) is 21.3. The summed E-state index contributed by atoms with van der Waals surface area (Å²) in [5.41, 5.74) is 1.44. The maximum absolute atomic E-state index is 15.2. The monoisotopic (exact) mass is 596 g/mol. The van der Waals surface area contributed by atoms with Crippen molar-refractivity contribution < 1.29 is 28.3 Å². The highest BCUT2D eigenvalue weighted by Crippen LogP contribution is 2.34. The molecule has 226 valence electrons. The van der Waals surface area contributed by atoms with Crippen LogP contribution < -0.4 is 10.2 Å². The molecule has 0 aromatic heterocycles. The van der Waals surface area contributed by atoms with Crippen molar-refractivity contribution in [3.05, 3.63) is 101 Å². The lowest BCUT2D eigenvalue weighted by molar-refractivity contribution is -0.132. The molecule has 1 unspecified atom stereocenters. The van der Waals surface area contributed by atoms with Crippen molar-refractivity contribution in [2.75, 3.05) is 31.6 Å². The van der Waals surface area contributed by atoms with Crippen LogP contribution in [0.25, 0.3) is 0 Å². The Morgan fingerprint density at radius 3 is 2.20 bits per heavy atom. The van der Waals surface area contributed by atoms with E-state index in [-0.39, 0.29) is 34.9 Å².